The van der Waals surface area contributed by atoms with E-state index in [0.29, 0.717) is 38.2 Å². The number of rotatable bonds is 6. The van der Waals surface area contributed by atoms with E-state index >= 15 is 0 Å². The van der Waals surface area contributed by atoms with Crippen LogP contribution in [0, 0.1) is 0 Å². The maximum Gasteiger partial charge on any atom is 0.285 e. The van der Waals surface area contributed by atoms with Crippen molar-refractivity contribution in [3.8, 4) is 0 Å². The number of aryl methyl sites for hydroxylation is 1. The zero-order valence-corrected chi connectivity index (χ0v) is 19.5. The van der Waals surface area contributed by atoms with E-state index in [4.69, 9.17) is 0 Å². The van der Waals surface area contributed by atoms with Crippen LogP contribution < -0.4 is 0 Å². The molecule has 2 aromatic rings. The van der Waals surface area contributed by atoms with Gasteiger partial charge in [-0.2, -0.15) is 8.42 Å². The van der Waals surface area contributed by atoms with Crippen LogP contribution in [0.25, 0.3) is 0 Å². The van der Waals surface area contributed by atoms with Gasteiger partial charge in [0.1, 0.15) is 4.90 Å². The van der Waals surface area contributed by atoms with E-state index < -0.39 is 10.0 Å². The van der Waals surface area contributed by atoms with Crippen LogP contribution in [0.3, 0.4) is 0 Å². The molecule has 2 amide bonds. The number of amides is 2. The van der Waals surface area contributed by atoms with Crippen molar-refractivity contribution in [2.75, 3.05) is 39.8 Å². The third-order valence-electron chi connectivity index (χ3n) is 6.03. The van der Waals surface area contributed by atoms with E-state index in [2.05, 4.69) is 16.5 Å². The number of carbonyl (C=O) groups is 2. The van der Waals surface area contributed by atoms with Crippen LogP contribution in [0.15, 0.2) is 63.9 Å². The van der Waals surface area contributed by atoms with Crippen molar-refractivity contribution in [1.29, 1.82) is 0 Å². The first-order chi connectivity index (χ1) is 15.8. The van der Waals surface area contributed by atoms with Crippen LogP contribution in [-0.4, -0.2) is 80.5 Å². The first-order valence-corrected chi connectivity index (χ1v) is 12.5. The van der Waals surface area contributed by atoms with Crippen LogP contribution in [0.2, 0.25) is 0 Å². The number of hydrogen-bond donors (Lipinski definition) is 0. The number of fused-ring (bicyclic) bond motifs is 1. The van der Waals surface area contributed by atoms with E-state index in [1.54, 1.807) is 35.0 Å². The van der Waals surface area contributed by atoms with E-state index in [0.717, 1.165) is 12.8 Å². The topological polar surface area (TPSA) is 90.4 Å². The second kappa shape index (κ2) is 9.74. The molecule has 0 unspecified atom stereocenters. The van der Waals surface area contributed by atoms with Crippen LogP contribution in [0.1, 0.15) is 24.0 Å². The summed E-state index contributed by atoms with van der Waals surface area (Å²) in [6.45, 7) is 1.99. The Bertz CT molecular complexity index is 1160. The van der Waals surface area contributed by atoms with Gasteiger partial charge in [-0.3, -0.25) is 9.59 Å². The molecule has 33 heavy (non-hydrogen) atoms. The summed E-state index contributed by atoms with van der Waals surface area (Å²) in [7, 11) is -2.06. The van der Waals surface area contributed by atoms with Gasteiger partial charge in [-0.15, -0.1) is 4.40 Å². The number of nitrogens with zero attached hydrogens (tertiary/aromatic N) is 4. The summed E-state index contributed by atoms with van der Waals surface area (Å²) < 4.78 is 28.4. The first-order valence-electron chi connectivity index (χ1n) is 11.1. The molecule has 0 aromatic heterocycles. The third-order valence-corrected chi connectivity index (χ3v) is 7.36. The number of likely N-dealkylation sites (N-methyl/N-ethyl adjacent to an activating group) is 1. The summed E-state index contributed by atoms with van der Waals surface area (Å²) in [5.41, 5.74) is 1.74. The second-order valence-electron chi connectivity index (χ2n) is 8.34. The second-order valence-corrected chi connectivity index (χ2v) is 9.92. The average Bonchev–Trinajstić information content (AvgIpc) is 3.11. The molecule has 0 aliphatic carbocycles. The van der Waals surface area contributed by atoms with Crippen LogP contribution >= 0.6 is 0 Å². The molecule has 2 aromatic carbocycles. The fraction of sp³-hybridized carbons (Fsp3) is 0.375. The molecule has 0 spiro atoms. The van der Waals surface area contributed by atoms with E-state index in [9.17, 15) is 18.0 Å². The maximum absolute atomic E-state index is 12.8. The molecule has 0 N–H and O–H groups in total. The highest BCUT2D eigenvalue weighted by Gasteiger charge is 2.32. The molecule has 0 saturated carbocycles. The summed E-state index contributed by atoms with van der Waals surface area (Å²) in [6.07, 6.45) is 2.18. The highest BCUT2D eigenvalue weighted by Crippen LogP contribution is 2.26. The van der Waals surface area contributed by atoms with Gasteiger partial charge in [0.15, 0.2) is 5.84 Å². The number of piperazine rings is 1. The molecule has 174 valence electrons. The van der Waals surface area contributed by atoms with Gasteiger partial charge in [0.2, 0.25) is 11.8 Å². The minimum atomic E-state index is -3.73. The lowest BCUT2D eigenvalue weighted by atomic mass is 10.1. The predicted octanol–water partition coefficient (Wildman–Crippen LogP) is 1.76. The van der Waals surface area contributed by atoms with Crippen molar-refractivity contribution in [3.05, 3.63) is 65.7 Å². The maximum atomic E-state index is 12.8. The summed E-state index contributed by atoms with van der Waals surface area (Å²) in [6, 6.07) is 16.7. The van der Waals surface area contributed by atoms with Crippen LogP contribution in [-0.2, 0) is 26.0 Å². The Morgan fingerprint density at radius 2 is 1.52 bits per heavy atom. The number of carbonyl (C=O) groups excluding carboxylic acids is 2. The summed E-state index contributed by atoms with van der Waals surface area (Å²) in [5.74, 6) is 0.293. The fourth-order valence-corrected chi connectivity index (χ4v) is 5.44. The van der Waals surface area contributed by atoms with Gasteiger partial charge in [-0.05, 0) is 30.5 Å². The molecule has 9 heteroatoms. The lowest BCUT2D eigenvalue weighted by Crippen LogP contribution is -2.52. The third kappa shape index (κ3) is 5.24. The van der Waals surface area contributed by atoms with Crippen molar-refractivity contribution in [2.24, 2.45) is 4.40 Å². The van der Waals surface area contributed by atoms with Gasteiger partial charge in [0.05, 0.1) is 6.54 Å². The summed E-state index contributed by atoms with van der Waals surface area (Å²) >= 11 is 0. The van der Waals surface area contributed by atoms with E-state index in [-0.39, 0.29) is 29.1 Å². The van der Waals surface area contributed by atoms with Gasteiger partial charge in [-0.1, -0.05) is 42.5 Å². The molecule has 0 atom stereocenters. The monoisotopic (exact) mass is 468 g/mol. The van der Waals surface area contributed by atoms with E-state index in [1.165, 1.54) is 11.6 Å². The van der Waals surface area contributed by atoms with Crippen LogP contribution in [0.5, 0.6) is 0 Å². The lowest BCUT2D eigenvalue weighted by Gasteiger charge is -2.35. The summed E-state index contributed by atoms with van der Waals surface area (Å²) in [5, 5.41) is 0. The normalized spacial score (nSPS) is 16.8. The van der Waals surface area contributed by atoms with Crippen molar-refractivity contribution in [3.63, 3.8) is 0 Å². The molecular formula is C24H28N4O4S. The van der Waals surface area contributed by atoms with Crippen molar-refractivity contribution >= 4 is 27.7 Å². The van der Waals surface area contributed by atoms with Crippen molar-refractivity contribution < 1.29 is 18.0 Å². The average molecular weight is 469 g/mol. The molecule has 1 saturated heterocycles. The van der Waals surface area contributed by atoms with Crippen molar-refractivity contribution in [1.82, 2.24) is 14.7 Å². The Morgan fingerprint density at radius 3 is 2.21 bits per heavy atom. The Hall–Kier alpha value is -3.20. The molecule has 2 aliphatic rings. The van der Waals surface area contributed by atoms with Gasteiger partial charge in [0, 0.05) is 45.2 Å². The number of hydrogen-bond acceptors (Lipinski definition) is 5. The minimum absolute atomic E-state index is 0.0215. The Labute approximate surface area is 194 Å². The Balaban J connectivity index is 1.25. The predicted molar refractivity (Wildman–Crippen MR) is 125 cm³/mol. The zero-order valence-electron chi connectivity index (χ0n) is 18.7. The molecule has 2 aliphatic heterocycles. The highest BCUT2D eigenvalue weighted by molar-refractivity contribution is 7.90. The Morgan fingerprint density at radius 1 is 0.909 bits per heavy atom. The smallest absolute Gasteiger partial charge is 0.285 e. The molecule has 0 radical (unpaired) electrons. The molecule has 8 nitrogen and oxygen atoms in total. The lowest BCUT2D eigenvalue weighted by molar-refractivity contribution is -0.139. The SMILES string of the molecule is CN(CC(=O)N1CCN(C(=O)CCCc2ccccc2)CC1)C1=NS(=O)(=O)c2ccccc21. The van der Waals surface area contributed by atoms with Gasteiger partial charge >= 0.3 is 0 Å². The number of amidine groups is 1. The highest BCUT2D eigenvalue weighted by atomic mass is 32.2. The molecule has 0 bridgehead atoms. The Kier molecular flexibility index (Phi) is 6.78. The van der Waals surface area contributed by atoms with E-state index in [1.807, 2.05) is 23.1 Å². The molecule has 2 heterocycles. The molecule has 4 rings (SSSR count). The first kappa shape index (κ1) is 23.0. The quantitative estimate of drug-likeness (QED) is 0.645. The van der Waals surface area contributed by atoms with Gasteiger partial charge < -0.3 is 14.7 Å². The standard InChI is InChI=1S/C24H28N4O4S/c1-26(24-20-11-5-6-12-21(20)33(31,32)25-24)18-23(30)28-16-14-27(15-17-28)22(29)13-7-10-19-8-3-2-4-9-19/h2-6,8-9,11-12H,7,10,13-18H2,1H3. The van der Waals surface area contributed by atoms with Crippen LogP contribution in [0.4, 0.5) is 0 Å². The van der Waals surface area contributed by atoms with Gasteiger partial charge in [-0.25, -0.2) is 0 Å². The summed E-state index contributed by atoms with van der Waals surface area (Å²) in [4.78, 5) is 30.6. The fourth-order valence-electron chi connectivity index (χ4n) is 4.19. The van der Waals surface area contributed by atoms with Crippen molar-refractivity contribution in [2.45, 2.75) is 24.2 Å². The molecular weight excluding hydrogens is 440 g/mol. The van der Waals surface area contributed by atoms with Gasteiger partial charge in [0.25, 0.3) is 10.0 Å². The largest absolute Gasteiger partial charge is 0.349 e. The minimum Gasteiger partial charge on any atom is -0.349 e. The zero-order chi connectivity index (χ0) is 23.4. The molecule has 1 fully saturated rings. The number of benzene rings is 2. The number of sulfonamides is 1.